The molecule has 0 amide bonds. The molecule has 58 valence electrons. The molecule has 3 nitrogen and oxygen atoms in total. The Morgan fingerprint density at radius 3 is 1.50 bits per heavy atom. The minimum atomic E-state index is -3.80. The molecule has 1 unspecified atom stereocenters. The first-order chi connectivity index (χ1) is 3.85. The summed E-state index contributed by atoms with van der Waals surface area (Å²) in [5.41, 5.74) is 0. The molecule has 0 spiro atoms. The molecular formula is C5H13NaO3S. The topological polar surface area (TPSA) is 54.4 Å². The van der Waals surface area contributed by atoms with Gasteiger partial charge in [-0.3, -0.25) is 4.55 Å². The van der Waals surface area contributed by atoms with Gasteiger partial charge in [-0.25, -0.2) is 0 Å². The van der Waals surface area contributed by atoms with Crippen LogP contribution in [-0.2, 0) is 10.1 Å². The fourth-order valence-electron chi connectivity index (χ4n) is 0.344. The van der Waals surface area contributed by atoms with Gasteiger partial charge in [-0.05, 0) is 12.8 Å². The standard InChI is InChI=1S/C5H12O3S.Na.H/c1-4(2)5(3)9(6,7)8;;/h4-5H,1-3H3,(H,6,7,8);;. The molecule has 0 aliphatic rings. The average molecular weight is 176 g/mol. The Morgan fingerprint density at radius 1 is 1.20 bits per heavy atom. The van der Waals surface area contributed by atoms with E-state index in [9.17, 15) is 8.42 Å². The Morgan fingerprint density at radius 2 is 1.50 bits per heavy atom. The molecule has 0 aliphatic carbocycles. The van der Waals surface area contributed by atoms with Gasteiger partial charge in [-0.1, -0.05) is 13.8 Å². The first-order valence-electron chi connectivity index (χ1n) is 2.82. The summed E-state index contributed by atoms with van der Waals surface area (Å²) in [7, 11) is -3.80. The Bertz CT molecular complexity index is 173. The molecule has 0 heterocycles. The SMILES string of the molecule is CC(C)C(C)S(=O)(=O)O.[NaH]. The van der Waals surface area contributed by atoms with Crippen LogP contribution in [0.1, 0.15) is 20.8 Å². The van der Waals surface area contributed by atoms with Crippen molar-refractivity contribution in [1.29, 1.82) is 0 Å². The zero-order valence-corrected chi connectivity index (χ0v) is 6.64. The van der Waals surface area contributed by atoms with Crippen LogP contribution in [0.5, 0.6) is 0 Å². The minimum absolute atomic E-state index is 0. The van der Waals surface area contributed by atoms with Crippen LogP contribution < -0.4 is 0 Å². The Labute approximate surface area is 84.2 Å². The first kappa shape index (κ1) is 13.5. The van der Waals surface area contributed by atoms with Gasteiger partial charge < -0.3 is 0 Å². The second-order valence-corrected chi connectivity index (χ2v) is 4.24. The van der Waals surface area contributed by atoms with E-state index in [0.29, 0.717) is 0 Å². The van der Waals surface area contributed by atoms with Crippen LogP contribution in [0.3, 0.4) is 0 Å². The van der Waals surface area contributed by atoms with Crippen LogP contribution in [0.15, 0.2) is 0 Å². The van der Waals surface area contributed by atoms with E-state index < -0.39 is 15.4 Å². The van der Waals surface area contributed by atoms with Crippen molar-refractivity contribution in [3.8, 4) is 0 Å². The predicted octanol–water partition coefficient (Wildman–Crippen LogP) is 0.270. The molecule has 0 saturated heterocycles. The van der Waals surface area contributed by atoms with Crippen LogP contribution in [0, 0.1) is 5.92 Å². The quantitative estimate of drug-likeness (QED) is 0.485. The summed E-state index contributed by atoms with van der Waals surface area (Å²) in [4.78, 5) is 0. The van der Waals surface area contributed by atoms with Crippen molar-refractivity contribution in [3.05, 3.63) is 0 Å². The van der Waals surface area contributed by atoms with E-state index >= 15 is 0 Å². The van der Waals surface area contributed by atoms with Crippen LogP contribution in [0.25, 0.3) is 0 Å². The molecular weight excluding hydrogens is 163 g/mol. The van der Waals surface area contributed by atoms with Gasteiger partial charge in [-0.2, -0.15) is 8.42 Å². The normalized spacial score (nSPS) is 14.5. The van der Waals surface area contributed by atoms with E-state index in [1.54, 1.807) is 13.8 Å². The monoisotopic (exact) mass is 176 g/mol. The van der Waals surface area contributed by atoms with Gasteiger partial charge in [-0.15, -0.1) is 0 Å². The fourth-order valence-corrected chi connectivity index (χ4v) is 1.03. The maximum atomic E-state index is 10.3. The first-order valence-corrected chi connectivity index (χ1v) is 4.32. The molecule has 0 aliphatic heterocycles. The van der Waals surface area contributed by atoms with Crippen molar-refractivity contribution in [1.82, 2.24) is 0 Å². The third-order valence-electron chi connectivity index (χ3n) is 1.41. The zero-order chi connectivity index (χ0) is 7.65. The van der Waals surface area contributed by atoms with E-state index in [2.05, 4.69) is 0 Å². The third kappa shape index (κ3) is 4.68. The van der Waals surface area contributed by atoms with Crippen LogP contribution in [0.2, 0.25) is 0 Å². The van der Waals surface area contributed by atoms with E-state index in [1.165, 1.54) is 6.92 Å². The van der Waals surface area contributed by atoms with Crippen molar-refractivity contribution in [2.24, 2.45) is 5.92 Å². The van der Waals surface area contributed by atoms with Gasteiger partial charge >= 0.3 is 29.6 Å². The summed E-state index contributed by atoms with van der Waals surface area (Å²) in [5, 5.41) is -0.655. The molecule has 0 rings (SSSR count). The number of hydrogen-bond donors (Lipinski definition) is 1. The van der Waals surface area contributed by atoms with Gasteiger partial charge in [0.1, 0.15) is 0 Å². The zero-order valence-electron chi connectivity index (χ0n) is 5.83. The van der Waals surface area contributed by atoms with Crippen LogP contribution in [-0.4, -0.2) is 47.8 Å². The molecule has 0 fully saturated rings. The molecule has 0 radical (unpaired) electrons. The molecule has 1 N–H and O–H groups in total. The molecule has 0 saturated carbocycles. The van der Waals surface area contributed by atoms with Crippen LogP contribution >= 0.6 is 0 Å². The molecule has 5 heteroatoms. The molecule has 0 aromatic carbocycles. The van der Waals surface area contributed by atoms with Crippen molar-refractivity contribution < 1.29 is 13.0 Å². The molecule has 0 bridgehead atoms. The number of hydrogen-bond acceptors (Lipinski definition) is 2. The van der Waals surface area contributed by atoms with Crippen molar-refractivity contribution in [2.75, 3.05) is 0 Å². The van der Waals surface area contributed by atoms with Gasteiger partial charge in [0.2, 0.25) is 0 Å². The summed E-state index contributed by atoms with van der Waals surface area (Å²) < 4.78 is 29.1. The molecule has 10 heavy (non-hydrogen) atoms. The Hall–Kier alpha value is 0.910. The van der Waals surface area contributed by atoms with Crippen molar-refractivity contribution in [2.45, 2.75) is 26.0 Å². The van der Waals surface area contributed by atoms with Gasteiger partial charge in [0.25, 0.3) is 10.1 Å². The average Bonchev–Trinajstić information content (AvgIpc) is 1.62. The second-order valence-electron chi connectivity index (χ2n) is 2.46. The Balaban J connectivity index is 0. The van der Waals surface area contributed by atoms with Crippen LogP contribution in [0.4, 0.5) is 0 Å². The maximum absolute atomic E-state index is 10.3. The summed E-state index contributed by atoms with van der Waals surface area (Å²) in [5.74, 6) is -0.0278. The van der Waals surface area contributed by atoms with Crippen molar-refractivity contribution >= 4 is 39.7 Å². The molecule has 0 aromatic rings. The number of rotatable bonds is 2. The van der Waals surface area contributed by atoms with Gasteiger partial charge in [0, 0.05) is 0 Å². The second kappa shape index (κ2) is 4.72. The fraction of sp³-hybridized carbons (Fsp3) is 1.00. The van der Waals surface area contributed by atoms with E-state index in [4.69, 9.17) is 4.55 Å². The van der Waals surface area contributed by atoms with E-state index in [0.717, 1.165) is 0 Å². The van der Waals surface area contributed by atoms with Gasteiger partial charge in [0.05, 0.1) is 5.25 Å². The summed E-state index contributed by atoms with van der Waals surface area (Å²) in [6.07, 6.45) is 0. The Kier molecular flexibility index (Phi) is 6.37. The molecule has 0 aromatic heterocycles. The predicted molar refractivity (Wildman–Crippen MR) is 43.0 cm³/mol. The van der Waals surface area contributed by atoms with E-state index in [1.807, 2.05) is 0 Å². The summed E-state index contributed by atoms with van der Waals surface area (Å²) in [6.45, 7) is 4.98. The molecule has 1 atom stereocenters. The third-order valence-corrected chi connectivity index (χ3v) is 2.89. The summed E-state index contributed by atoms with van der Waals surface area (Å²) >= 11 is 0. The summed E-state index contributed by atoms with van der Waals surface area (Å²) in [6, 6.07) is 0. The van der Waals surface area contributed by atoms with Crippen molar-refractivity contribution in [3.63, 3.8) is 0 Å². The van der Waals surface area contributed by atoms with E-state index in [-0.39, 0.29) is 35.5 Å². The van der Waals surface area contributed by atoms with Gasteiger partial charge in [0.15, 0.2) is 0 Å².